The molecular weight excluding hydrogens is 284 g/mol. The number of carbonyl (C=O) groups is 2. The van der Waals surface area contributed by atoms with Crippen LogP contribution in [-0.4, -0.2) is 23.7 Å². The number of benzene rings is 2. The Bertz CT molecular complexity index is 746. The Kier molecular flexibility index (Phi) is 3.55. The maximum absolute atomic E-state index is 12.7. The Morgan fingerprint density at radius 3 is 2.36 bits per heavy atom. The van der Waals surface area contributed by atoms with E-state index in [2.05, 4.69) is 0 Å². The van der Waals surface area contributed by atoms with Crippen LogP contribution in [0.5, 0.6) is 11.5 Å². The minimum Gasteiger partial charge on any atom is -0.481 e. The van der Waals surface area contributed by atoms with Gasteiger partial charge in [0.2, 0.25) is 6.79 Å². The summed E-state index contributed by atoms with van der Waals surface area (Å²) in [7, 11) is 0. The molecule has 1 heterocycles. The highest BCUT2D eigenvalue weighted by Crippen LogP contribution is 2.35. The highest BCUT2D eigenvalue weighted by atomic mass is 16.7. The van der Waals surface area contributed by atoms with Gasteiger partial charge >= 0.3 is 5.97 Å². The van der Waals surface area contributed by atoms with Crippen molar-refractivity contribution in [3.8, 4) is 11.5 Å². The van der Waals surface area contributed by atoms with Crippen molar-refractivity contribution in [3.63, 3.8) is 0 Å². The molecule has 3 rings (SSSR count). The summed E-state index contributed by atoms with van der Waals surface area (Å²) in [5.41, 5.74) is 2.31. The molecule has 0 saturated carbocycles. The average Bonchev–Trinajstić information content (AvgIpc) is 2.93. The first kappa shape index (κ1) is 14.1. The first-order valence-electron chi connectivity index (χ1n) is 6.80. The van der Waals surface area contributed by atoms with Gasteiger partial charge in [0.15, 0.2) is 17.3 Å². The molecule has 0 aliphatic carbocycles. The van der Waals surface area contributed by atoms with Gasteiger partial charge in [-0.15, -0.1) is 0 Å². The normalized spacial score (nSPS) is 12.2. The topological polar surface area (TPSA) is 72.8 Å². The minimum atomic E-state index is -1.00. The summed E-state index contributed by atoms with van der Waals surface area (Å²) in [6.07, 6.45) is -0.246. The van der Waals surface area contributed by atoms with E-state index in [9.17, 15) is 9.59 Å². The molecule has 22 heavy (non-hydrogen) atoms. The van der Waals surface area contributed by atoms with E-state index in [-0.39, 0.29) is 19.0 Å². The van der Waals surface area contributed by atoms with E-state index in [0.29, 0.717) is 28.2 Å². The molecule has 0 atom stereocenters. The third-order valence-electron chi connectivity index (χ3n) is 3.50. The highest BCUT2D eigenvalue weighted by molar-refractivity contribution is 6.10. The second-order valence-electron chi connectivity index (χ2n) is 5.13. The molecule has 5 nitrogen and oxygen atoms in total. The molecule has 1 aliphatic heterocycles. The van der Waals surface area contributed by atoms with Crippen LogP contribution in [0.2, 0.25) is 0 Å². The molecule has 0 saturated heterocycles. The van der Waals surface area contributed by atoms with Crippen LogP contribution >= 0.6 is 0 Å². The number of ketones is 1. The maximum atomic E-state index is 12.7. The number of aliphatic carboxylic acids is 1. The molecule has 112 valence electrons. The van der Waals surface area contributed by atoms with Crippen LogP contribution in [0.4, 0.5) is 0 Å². The molecule has 0 aromatic heterocycles. The molecule has 0 amide bonds. The lowest BCUT2D eigenvalue weighted by atomic mass is 9.95. The predicted molar refractivity (Wildman–Crippen MR) is 78.5 cm³/mol. The molecule has 0 fully saturated rings. The van der Waals surface area contributed by atoms with Gasteiger partial charge in [-0.25, -0.2) is 0 Å². The van der Waals surface area contributed by atoms with Crippen LogP contribution in [0.25, 0.3) is 0 Å². The van der Waals surface area contributed by atoms with Gasteiger partial charge in [0, 0.05) is 11.1 Å². The Labute approximate surface area is 127 Å². The number of carboxylic acids is 1. The van der Waals surface area contributed by atoms with Crippen LogP contribution in [-0.2, 0) is 11.2 Å². The lowest BCUT2D eigenvalue weighted by molar-refractivity contribution is -0.136. The van der Waals surface area contributed by atoms with Crippen LogP contribution in [0, 0.1) is 6.92 Å². The van der Waals surface area contributed by atoms with Crippen LogP contribution < -0.4 is 9.47 Å². The minimum absolute atomic E-state index is 0.0734. The number of carbonyl (C=O) groups excluding carboxylic acids is 1. The predicted octanol–water partition coefficient (Wildman–Crippen LogP) is 2.58. The monoisotopic (exact) mass is 298 g/mol. The Morgan fingerprint density at radius 2 is 1.73 bits per heavy atom. The molecule has 0 unspecified atom stereocenters. The molecule has 0 radical (unpaired) electrons. The van der Waals surface area contributed by atoms with Crippen molar-refractivity contribution in [2.24, 2.45) is 0 Å². The Morgan fingerprint density at radius 1 is 1.09 bits per heavy atom. The third-order valence-corrected chi connectivity index (χ3v) is 3.50. The average molecular weight is 298 g/mol. The third kappa shape index (κ3) is 2.65. The van der Waals surface area contributed by atoms with E-state index < -0.39 is 5.97 Å². The van der Waals surface area contributed by atoms with Crippen molar-refractivity contribution in [1.82, 2.24) is 0 Å². The summed E-state index contributed by atoms with van der Waals surface area (Å²) in [6, 6.07) is 10.3. The molecule has 2 aromatic carbocycles. The summed E-state index contributed by atoms with van der Waals surface area (Å²) in [5, 5.41) is 9.05. The summed E-state index contributed by atoms with van der Waals surface area (Å²) in [4.78, 5) is 23.7. The van der Waals surface area contributed by atoms with Gasteiger partial charge < -0.3 is 14.6 Å². The van der Waals surface area contributed by atoms with Gasteiger partial charge in [-0.1, -0.05) is 29.8 Å². The summed E-state index contributed by atoms with van der Waals surface area (Å²) >= 11 is 0. The van der Waals surface area contributed by atoms with E-state index in [0.717, 1.165) is 5.56 Å². The van der Waals surface area contributed by atoms with Crippen LogP contribution in [0.15, 0.2) is 36.4 Å². The Hall–Kier alpha value is -2.82. The zero-order valence-corrected chi connectivity index (χ0v) is 12.0. The van der Waals surface area contributed by atoms with Crippen molar-refractivity contribution in [1.29, 1.82) is 0 Å². The largest absolute Gasteiger partial charge is 0.481 e. The maximum Gasteiger partial charge on any atom is 0.307 e. The van der Waals surface area contributed by atoms with Gasteiger partial charge in [0.05, 0.1) is 6.42 Å². The fourth-order valence-electron chi connectivity index (χ4n) is 2.37. The second kappa shape index (κ2) is 5.52. The second-order valence-corrected chi connectivity index (χ2v) is 5.13. The van der Waals surface area contributed by atoms with Gasteiger partial charge in [-0.3, -0.25) is 9.59 Å². The van der Waals surface area contributed by atoms with Crippen molar-refractivity contribution in [3.05, 3.63) is 58.7 Å². The number of rotatable bonds is 4. The first-order valence-corrected chi connectivity index (χ1v) is 6.80. The van der Waals surface area contributed by atoms with Crippen molar-refractivity contribution in [2.45, 2.75) is 13.3 Å². The van der Waals surface area contributed by atoms with Crippen LogP contribution in [0.1, 0.15) is 27.0 Å². The first-order chi connectivity index (χ1) is 10.5. The number of hydrogen-bond donors (Lipinski definition) is 1. The standard InChI is InChI=1S/C17H14O5/c1-10-2-4-11(5-3-10)17(20)13-8-15-14(21-9-22-15)6-12(13)7-16(18)19/h2-6,8H,7,9H2,1H3,(H,18,19). The summed E-state index contributed by atoms with van der Waals surface area (Å²) < 4.78 is 10.5. The fraction of sp³-hybridized carbons (Fsp3) is 0.176. The van der Waals surface area contributed by atoms with Crippen molar-refractivity contribution in [2.75, 3.05) is 6.79 Å². The smallest absolute Gasteiger partial charge is 0.307 e. The molecule has 0 spiro atoms. The van der Waals surface area contributed by atoms with Gasteiger partial charge in [-0.2, -0.15) is 0 Å². The molecule has 2 aromatic rings. The number of carboxylic acid groups (broad SMARTS) is 1. The van der Waals surface area contributed by atoms with E-state index in [1.165, 1.54) is 0 Å². The fourth-order valence-corrected chi connectivity index (χ4v) is 2.37. The lowest BCUT2D eigenvalue weighted by Crippen LogP contribution is -2.09. The summed E-state index contributed by atoms with van der Waals surface area (Å²) in [5.74, 6) is -0.298. The zero-order chi connectivity index (χ0) is 15.7. The van der Waals surface area contributed by atoms with Crippen molar-refractivity contribution >= 4 is 11.8 Å². The molecule has 5 heteroatoms. The van der Waals surface area contributed by atoms with E-state index >= 15 is 0 Å². The van der Waals surface area contributed by atoms with E-state index in [1.54, 1.807) is 24.3 Å². The van der Waals surface area contributed by atoms with Gasteiger partial charge in [0.25, 0.3) is 0 Å². The highest BCUT2D eigenvalue weighted by Gasteiger charge is 2.22. The Balaban J connectivity index is 2.06. The number of fused-ring (bicyclic) bond motifs is 1. The summed E-state index contributed by atoms with van der Waals surface area (Å²) in [6.45, 7) is 2.01. The number of aryl methyl sites for hydroxylation is 1. The SMILES string of the molecule is Cc1ccc(C(=O)c2cc3c(cc2CC(=O)O)OCO3)cc1. The van der Waals surface area contributed by atoms with Gasteiger partial charge in [0.1, 0.15) is 0 Å². The molecule has 1 N–H and O–H groups in total. The van der Waals surface area contributed by atoms with Crippen molar-refractivity contribution < 1.29 is 24.2 Å². The van der Waals surface area contributed by atoms with E-state index in [4.69, 9.17) is 14.6 Å². The molecule has 0 bridgehead atoms. The molecule has 1 aliphatic rings. The lowest BCUT2D eigenvalue weighted by Gasteiger charge is -2.09. The zero-order valence-electron chi connectivity index (χ0n) is 12.0. The quantitative estimate of drug-likeness (QED) is 0.878. The number of hydrogen-bond acceptors (Lipinski definition) is 4. The van der Waals surface area contributed by atoms with E-state index in [1.807, 2.05) is 19.1 Å². The van der Waals surface area contributed by atoms with Gasteiger partial charge in [-0.05, 0) is 24.6 Å². The van der Waals surface area contributed by atoms with Crippen LogP contribution in [0.3, 0.4) is 0 Å². The number of ether oxygens (including phenoxy) is 2. The molecular formula is C17H14O5.